The monoisotopic (exact) mass is 378 g/mol. The van der Waals surface area contributed by atoms with Crippen molar-refractivity contribution in [2.75, 3.05) is 24.2 Å². The summed E-state index contributed by atoms with van der Waals surface area (Å²) in [5.41, 5.74) is 0.793. The van der Waals surface area contributed by atoms with Crippen molar-refractivity contribution in [1.29, 1.82) is 0 Å². The fourth-order valence-electron chi connectivity index (χ4n) is 2.52. The molecule has 1 amide bonds. The van der Waals surface area contributed by atoms with E-state index in [1.54, 1.807) is 18.0 Å². The van der Waals surface area contributed by atoms with E-state index in [2.05, 4.69) is 60.3 Å². The molecule has 0 saturated heterocycles. The average molecular weight is 379 g/mol. The number of aromatic nitrogens is 4. The average Bonchev–Trinajstić information content (AvgIpc) is 2.94. The minimum Gasteiger partial charge on any atom is -0.369 e. The Bertz CT molecular complexity index is 737. The summed E-state index contributed by atoms with van der Waals surface area (Å²) in [5.74, 6) is 1.81. The molecule has 0 fully saturated rings. The lowest BCUT2D eigenvalue weighted by Gasteiger charge is -2.17. The van der Waals surface area contributed by atoms with E-state index in [-0.39, 0.29) is 11.3 Å². The van der Waals surface area contributed by atoms with Gasteiger partial charge in [-0.3, -0.25) is 4.79 Å². The van der Waals surface area contributed by atoms with Crippen LogP contribution in [-0.4, -0.2) is 44.5 Å². The van der Waals surface area contributed by atoms with Crippen LogP contribution in [0, 0.1) is 5.41 Å². The zero-order chi connectivity index (χ0) is 19.2. The van der Waals surface area contributed by atoms with Crippen molar-refractivity contribution < 1.29 is 4.79 Å². The highest BCUT2D eigenvalue weighted by atomic mass is 32.2. The topological polar surface area (TPSA) is 84.7 Å². The van der Waals surface area contributed by atoms with E-state index in [0.29, 0.717) is 19.5 Å². The highest BCUT2D eigenvalue weighted by Gasteiger charge is 2.16. The van der Waals surface area contributed by atoms with Gasteiger partial charge in [-0.25, -0.2) is 14.6 Å². The molecule has 2 N–H and O–H groups in total. The molecule has 8 heteroatoms. The number of thioether (sulfide) groups is 1. The van der Waals surface area contributed by atoms with Crippen LogP contribution in [0.4, 0.5) is 5.82 Å². The Labute approximate surface area is 159 Å². The molecule has 7 nitrogen and oxygen atoms in total. The number of anilines is 1. The largest absolute Gasteiger partial charge is 0.369 e. The van der Waals surface area contributed by atoms with Gasteiger partial charge in [0.15, 0.2) is 10.8 Å². The maximum Gasteiger partial charge on any atom is 0.220 e. The van der Waals surface area contributed by atoms with E-state index in [1.807, 2.05) is 4.68 Å². The van der Waals surface area contributed by atoms with Crippen LogP contribution < -0.4 is 10.6 Å². The molecule has 0 aromatic carbocycles. The summed E-state index contributed by atoms with van der Waals surface area (Å²) in [7, 11) is 0. The molecule has 0 aliphatic rings. The molecule has 0 bridgehead atoms. The van der Waals surface area contributed by atoms with Gasteiger partial charge in [-0.1, -0.05) is 46.4 Å². The van der Waals surface area contributed by atoms with Crippen molar-refractivity contribution >= 4 is 34.5 Å². The van der Waals surface area contributed by atoms with Gasteiger partial charge in [0.1, 0.15) is 5.82 Å². The van der Waals surface area contributed by atoms with Crippen LogP contribution >= 0.6 is 11.8 Å². The second-order valence-corrected chi connectivity index (χ2v) is 8.64. The number of fused-ring (bicyclic) bond motifs is 1. The van der Waals surface area contributed by atoms with Crippen molar-refractivity contribution in [2.45, 2.75) is 59.2 Å². The van der Waals surface area contributed by atoms with Crippen molar-refractivity contribution in [3.8, 4) is 0 Å². The van der Waals surface area contributed by atoms with Crippen LogP contribution in [0.2, 0.25) is 0 Å². The van der Waals surface area contributed by atoms with Gasteiger partial charge in [-0.05, 0) is 17.6 Å². The Morgan fingerprint density at radius 1 is 1.23 bits per heavy atom. The van der Waals surface area contributed by atoms with Crippen LogP contribution in [0.25, 0.3) is 11.0 Å². The molecule has 26 heavy (non-hydrogen) atoms. The predicted molar refractivity (Wildman–Crippen MR) is 108 cm³/mol. The lowest BCUT2D eigenvalue weighted by atomic mass is 9.92. The number of hydrogen-bond donors (Lipinski definition) is 2. The SMILES string of the molecule is CCCNc1nc(SCC)nc2c1cnn2CCNC(=O)CC(C)(C)C. The van der Waals surface area contributed by atoms with Gasteiger partial charge >= 0.3 is 0 Å². The highest BCUT2D eigenvalue weighted by molar-refractivity contribution is 7.99. The number of nitrogens with one attached hydrogen (secondary N) is 2. The van der Waals surface area contributed by atoms with Crippen LogP contribution in [0.3, 0.4) is 0 Å². The molecular formula is C18H30N6OS. The van der Waals surface area contributed by atoms with Crippen LogP contribution in [0.1, 0.15) is 47.5 Å². The van der Waals surface area contributed by atoms with Gasteiger partial charge in [-0.15, -0.1) is 0 Å². The second kappa shape index (κ2) is 9.21. The highest BCUT2D eigenvalue weighted by Crippen LogP contribution is 2.24. The van der Waals surface area contributed by atoms with E-state index >= 15 is 0 Å². The van der Waals surface area contributed by atoms with E-state index < -0.39 is 0 Å². The minimum atomic E-state index is -0.0121. The number of hydrogen-bond acceptors (Lipinski definition) is 6. The first-order chi connectivity index (χ1) is 12.3. The normalized spacial score (nSPS) is 11.7. The molecule has 2 aromatic rings. The molecule has 0 radical (unpaired) electrons. The summed E-state index contributed by atoms with van der Waals surface area (Å²) >= 11 is 1.61. The molecule has 2 aromatic heterocycles. The first-order valence-corrected chi connectivity index (χ1v) is 10.2. The van der Waals surface area contributed by atoms with Gasteiger partial charge in [0.05, 0.1) is 18.1 Å². The lowest BCUT2D eigenvalue weighted by molar-refractivity contribution is -0.122. The zero-order valence-corrected chi connectivity index (χ0v) is 17.2. The third-order valence-corrected chi connectivity index (χ3v) is 4.36. The summed E-state index contributed by atoms with van der Waals surface area (Å²) < 4.78 is 1.84. The third-order valence-electron chi connectivity index (χ3n) is 3.63. The third kappa shape index (κ3) is 5.86. The van der Waals surface area contributed by atoms with Gasteiger partial charge < -0.3 is 10.6 Å². The zero-order valence-electron chi connectivity index (χ0n) is 16.4. The van der Waals surface area contributed by atoms with Crippen molar-refractivity contribution in [1.82, 2.24) is 25.1 Å². The van der Waals surface area contributed by atoms with Crippen molar-refractivity contribution in [2.24, 2.45) is 5.41 Å². The van der Waals surface area contributed by atoms with Crippen molar-refractivity contribution in [3.63, 3.8) is 0 Å². The molecule has 0 spiro atoms. The molecular weight excluding hydrogens is 348 g/mol. The summed E-state index contributed by atoms with van der Waals surface area (Å²) in [6.45, 7) is 12.4. The Hall–Kier alpha value is -1.83. The summed E-state index contributed by atoms with van der Waals surface area (Å²) in [5, 5.41) is 12.4. The number of carbonyl (C=O) groups is 1. The Kier molecular flexibility index (Phi) is 7.25. The molecule has 0 aliphatic heterocycles. The second-order valence-electron chi connectivity index (χ2n) is 7.41. The maximum absolute atomic E-state index is 12.0. The first-order valence-electron chi connectivity index (χ1n) is 9.21. The van der Waals surface area contributed by atoms with Gasteiger partial charge in [0.2, 0.25) is 5.91 Å². The van der Waals surface area contributed by atoms with Crippen LogP contribution in [-0.2, 0) is 11.3 Å². The standard InChI is InChI=1S/C18H30N6OS/c1-6-8-20-15-13-12-21-24(16(13)23-17(22-15)26-7-2)10-9-19-14(25)11-18(3,4)5/h12H,6-11H2,1-5H3,(H,19,25)(H,20,22,23). The van der Waals surface area contributed by atoms with Gasteiger partial charge in [-0.2, -0.15) is 5.10 Å². The molecule has 0 atom stereocenters. The number of rotatable bonds is 9. The van der Waals surface area contributed by atoms with Crippen molar-refractivity contribution in [3.05, 3.63) is 6.20 Å². The number of amides is 1. The minimum absolute atomic E-state index is 0.0121. The molecule has 0 aliphatic carbocycles. The molecule has 2 heterocycles. The quantitative estimate of drug-likeness (QED) is 0.514. The Morgan fingerprint density at radius 3 is 2.65 bits per heavy atom. The molecule has 2 rings (SSSR count). The summed E-state index contributed by atoms with van der Waals surface area (Å²) in [6.07, 6.45) is 3.33. The van der Waals surface area contributed by atoms with Gasteiger partial charge in [0, 0.05) is 19.5 Å². The Morgan fingerprint density at radius 2 is 2.00 bits per heavy atom. The van der Waals surface area contributed by atoms with Crippen LogP contribution in [0.15, 0.2) is 11.4 Å². The number of nitrogens with zero attached hydrogens (tertiary/aromatic N) is 4. The molecule has 0 saturated carbocycles. The van der Waals surface area contributed by atoms with E-state index in [9.17, 15) is 4.79 Å². The Balaban J connectivity index is 2.12. The molecule has 0 unspecified atom stereocenters. The number of carbonyl (C=O) groups excluding carboxylic acids is 1. The lowest BCUT2D eigenvalue weighted by Crippen LogP contribution is -2.30. The van der Waals surface area contributed by atoms with E-state index in [1.165, 1.54) is 0 Å². The summed E-state index contributed by atoms with van der Waals surface area (Å²) in [6, 6.07) is 0. The predicted octanol–water partition coefficient (Wildman–Crippen LogP) is 3.31. The molecule has 144 valence electrons. The fraction of sp³-hybridized carbons (Fsp3) is 0.667. The first kappa shape index (κ1) is 20.5. The maximum atomic E-state index is 12.0. The fourth-order valence-corrected chi connectivity index (χ4v) is 3.08. The van der Waals surface area contributed by atoms with E-state index in [0.717, 1.165) is 40.7 Å². The summed E-state index contributed by atoms with van der Waals surface area (Å²) in [4.78, 5) is 21.2. The smallest absolute Gasteiger partial charge is 0.220 e. The van der Waals surface area contributed by atoms with Gasteiger partial charge in [0.25, 0.3) is 0 Å². The van der Waals surface area contributed by atoms with E-state index in [4.69, 9.17) is 0 Å². The van der Waals surface area contributed by atoms with Crippen LogP contribution in [0.5, 0.6) is 0 Å².